The van der Waals surface area contributed by atoms with E-state index in [0.717, 1.165) is 24.1 Å². The van der Waals surface area contributed by atoms with Crippen LogP contribution in [0.2, 0.25) is 0 Å². The molecule has 0 aromatic carbocycles. The third-order valence-electron chi connectivity index (χ3n) is 2.71. The first-order valence-electron chi connectivity index (χ1n) is 5.81. The van der Waals surface area contributed by atoms with Gasteiger partial charge in [0.05, 0.1) is 20.6 Å². The third kappa shape index (κ3) is 8.51. The van der Waals surface area contributed by atoms with Gasteiger partial charge in [-0.15, -0.1) is 0 Å². The van der Waals surface area contributed by atoms with Crippen LogP contribution in [-0.2, 0) is 0 Å². The molecular weight excluding hydrogens is 190 g/mol. The summed E-state index contributed by atoms with van der Waals surface area (Å²) in [5.41, 5.74) is 0. The lowest BCUT2D eigenvalue weighted by molar-refractivity contribution is -0.889. The molecule has 0 amide bonds. The van der Waals surface area contributed by atoms with Gasteiger partial charge in [0.25, 0.3) is 0 Å². The van der Waals surface area contributed by atoms with Crippen LogP contribution in [0.1, 0.15) is 19.8 Å². The Bertz CT molecular complexity index is 171. The molecular formula is C11H26N3O+. The highest BCUT2D eigenvalue weighted by Gasteiger charge is 2.14. The zero-order chi connectivity index (χ0) is 11.7. The number of quaternary nitrogens is 1. The molecule has 0 rings (SSSR count). The molecule has 0 radical (unpaired) electrons. The van der Waals surface area contributed by atoms with E-state index in [-0.39, 0.29) is 0 Å². The van der Waals surface area contributed by atoms with Crippen LogP contribution in [0, 0.1) is 4.91 Å². The lowest BCUT2D eigenvalue weighted by atomic mass is 10.3. The molecule has 4 nitrogen and oxygen atoms in total. The van der Waals surface area contributed by atoms with Gasteiger partial charge in [-0.1, -0.05) is 12.1 Å². The predicted octanol–water partition coefficient (Wildman–Crippen LogP) is 1.56. The van der Waals surface area contributed by atoms with Crippen LogP contribution in [-0.4, -0.2) is 63.2 Å². The summed E-state index contributed by atoms with van der Waals surface area (Å²) in [6.45, 7) is 6.90. The largest absolute Gasteiger partial charge is 0.327 e. The number of rotatable bonds is 9. The fraction of sp³-hybridized carbons (Fsp3) is 1.00. The molecule has 0 aromatic heterocycles. The number of nitrogens with zero attached hydrogens (tertiary/aromatic N) is 3. The van der Waals surface area contributed by atoms with Crippen molar-refractivity contribution in [2.24, 2.45) is 5.18 Å². The molecule has 0 aromatic rings. The van der Waals surface area contributed by atoms with Crippen molar-refractivity contribution in [2.45, 2.75) is 19.8 Å². The molecule has 0 aliphatic rings. The topological polar surface area (TPSA) is 32.7 Å². The van der Waals surface area contributed by atoms with Gasteiger partial charge in [0, 0.05) is 13.0 Å². The predicted molar refractivity (Wildman–Crippen MR) is 64.9 cm³/mol. The third-order valence-corrected chi connectivity index (χ3v) is 2.71. The Hall–Kier alpha value is -0.480. The standard InChI is InChI=1S/C11H26N3O/c1-5-8-13(2)9-6-10-14(3,4)11-7-12-15/h5-11H2,1-4H3/q+1. The van der Waals surface area contributed by atoms with E-state index < -0.39 is 0 Å². The molecule has 4 heteroatoms. The minimum atomic E-state index is 0.428. The number of nitroso groups, excluding NO2 is 1. The number of hydrogen-bond acceptors (Lipinski definition) is 3. The Balaban J connectivity index is 3.59. The molecule has 0 saturated heterocycles. The van der Waals surface area contributed by atoms with E-state index >= 15 is 0 Å². The molecule has 0 unspecified atom stereocenters. The monoisotopic (exact) mass is 216 g/mol. The van der Waals surface area contributed by atoms with Gasteiger partial charge < -0.3 is 9.38 Å². The average molecular weight is 216 g/mol. The highest BCUT2D eigenvalue weighted by molar-refractivity contribution is 4.50. The fourth-order valence-electron chi connectivity index (χ4n) is 1.69. The molecule has 0 aliphatic carbocycles. The van der Waals surface area contributed by atoms with Gasteiger partial charge in [-0.05, 0) is 20.0 Å². The Morgan fingerprint density at radius 3 is 2.40 bits per heavy atom. The second kappa shape index (κ2) is 7.77. The van der Waals surface area contributed by atoms with Crippen molar-refractivity contribution in [1.82, 2.24) is 4.90 Å². The first-order valence-corrected chi connectivity index (χ1v) is 5.81. The average Bonchev–Trinajstić information content (AvgIpc) is 2.15. The number of likely N-dealkylation sites (N-methyl/N-ethyl adjacent to an activating group) is 1. The summed E-state index contributed by atoms with van der Waals surface area (Å²) in [7, 11) is 6.48. The normalized spacial score (nSPS) is 12.1. The summed E-state index contributed by atoms with van der Waals surface area (Å²) in [6, 6.07) is 0. The van der Waals surface area contributed by atoms with E-state index in [4.69, 9.17) is 0 Å². The molecule has 0 N–H and O–H groups in total. The van der Waals surface area contributed by atoms with Crippen molar-refractivity contribution in [3.8, 4) is 0 Å². The second-order valence-electron chi connectivity index (χ2n) is 4.89. The van der Waals surface area contributed by atoms with Crippen LogP contribution in [0.5, 0.6) is 0 Å². The summed E-state index contributed by atoms with van der Waals surface area (Å²) in [6.07, 6.45) is 2.40. The Morgan fingerprint density at radius 1 is 1.20 bits per heavy atom. The summed E-state index contributed by atoms with van der Waals surface area (Å²) in [5.74, 6) is 0. The number of hydrogen-bond donors (Lipinski definition) is 0. The SMILES string of the molecule is CCCN(C)CCC[N+](C)(C)CCN=O. The van der Waals surface area contributed by atoms with Crippen molar-refractivity contribution in [3.63, 3.8) is 0 Å². The van der Waals surface area contributed by atoms with E-state index in [9.17, 15) is 4.91 Å². The molecule has 0 atom stereocenters. The molecule has 15 heavy (non-hydrogen) atoms. The maximum Gasteiger partial charge on any atom is 0.130 e. The Morgan fingerprint density at radius 2 is 1.87 bits per heavy atom. The first kappa shape index (κ1) is 14.5. The Kier molecular flexibility index (Phi) is 7.52. The molecule has 0 bridgehead atoms. The van der Waals surface area contributed by atoms with Gasteiger partial charge in [0.2, 0.25) is 0 Å². The maximum absolute atomic E-state index is 10.1. The van der Waals surface area contributed by atoms with E-state index in [2.05, 4.69) is 38.1 Å². The van der Waals surface area contributed by atoms with Crippen LogP contribution >= 0.6 is 0 Å². The first-order chi connectivity index (χ1) is 7.02. The fourth-order valence-corrected chi connectivity index (χ4v) is 1.69. The Labute approximate surface area is 93.8 Å². The van der Waals surface area contributed by atoms with Crippen molar-refractivity contribution < 1.29 is 4.48 Å². The maximum atomic E-state index is 10.1. The molecule has 90 valence electrons. The van der Waals surface area contributed by atoms with Crippen LogP contribution in [0.3, 0.4) is 0 Å². The van der Waals surface area contributed by atoms with Gasteiger partial charge in [0.1, 0.15) is 13.1 Å². The summed E-state index contributed by atoms with van der Waals surface area (Å²) < 4.78 is 0.895. The van der Waals surface area contributed by atoms with Crippen LogP contribution in [0.15, 0.2) is 5.18 Å². The zero-order valence-electron chi connectivity index (χ0n) is 10.7. The highest BCUT2D eigenvalue weighted by atomic mass is 16.3. The van der Waals surface area contributed by atoms with E-state index in [1.165, 1.54) is 19.4 Å². The summed E-state index contributed by atoms with van der Waals surface area (Å²) in [5, 5.41) is 2.92. The summed E-state index contributed by atoms with van der Waals surface area (Å²) >= 11 is 0. The van der Waals surface area contributed by atoms with Crippen LogP contribution < -0.4 is 0 Å². The van der Waals surface area contributed by atoms with Crippen molar-refractivity contribution in [1.29, 1.82) is 0 Å². The smallest absolute Gasteiger partial charge is 0.130 e. The minimum absolute atomic E-state index is 0.428. The van der Waals surface area contributed by atoms with Crippen LogP contribution in [0.4, 0.5) is 0 Å². The van der Waals surface area contributed by atoms with Gasteiger partial charge >= 0.3 is 0 Å². The van der Waals surface area contributed by atoms with Gasteiger partial charge in [-0.2, -0.15) is 4.91 Å². The summed E-state index contributed by atoms with van der Waals surface area (Å²) in [4.78, 5) is 12.4. The molecule has 0 heterocycles. The quantitative estimate of drug-likeness (QED) is 0.433. The zero-order valence-corrected chi connectivity index (χ0v) is 10.7. The minimum Gasteiger partial charge on any atom is -0.327 e. The lowest BCUT2D eigenvalue weighted by Crippen LogP contribution is -2.43. The van der Waals surface area contributed by atoms with Gasteiger partial charge in [-0.3, -0.25) is 0 Å². The molecule has 0 saturated carbocycles. The van der Waals surface area contributed by atoms with E-state index in [1.807, 2.05) is 0 Å². The van der Waals surface area contributed by atoms with Crippen molar-refractivity contribution >= 4 is 0 Å². The van der Waals surface area contributed by atoms with E-state index in [1.54, 1.807) is 0 Å². The van der Waals surface area contributed by atoms with Crippen molar-refractivity contribution in [3.05, 3.63) is 4.91 Å². The molecule has 0 aliphatic heterocycles. The molecule has 0 fully saturated rings. The van der Waals surface area contributed by atoms with Gasteiger partial charge in [0.15, 0.2) is 0 Å². The lowest BCUT2D eigenvalue weighted by Gasteiger charge is -2.29. The van der Waals surface area contributed by atoms with Gasteiger partial charge in [-0.25, -0.2) is 0 Å². The highest BCUT2D eigenvalue weighted by Crippen LogP contribution is 2.00. The van der Waals surface area contributed by atoms with Crippen molar-refractivity contribution in [2.75, 3.05) is 53.9 Å². The van der Waals surface area contributed by atoms with Crippen LogP contribution in [0.25, 0.3) is 0 Å². The second-order valence-corrected chi connectivity index (χ2v) is 4.89. The molecule has 0 spiro atoms. The van der Waals surface area contributed by atoms with E-state index in [0.29, 0.717) is 6.54 Å².